The number of hydrogen-bond donors (Lipinski definition) is 0. The van der Waals surface area contributed by atoms with Crippen molar-refractivity contribution in [3.63, 3.8) is 0 Å². The largest absolute Gasteiger partial charge is 0.309 e. The molecule has 0 atom stereocenters. The van der Waals surface area contributed by atoms with Crippen molar-refractivity contribution in [1.82, 2.24) is 9.13 Å². The molecule has 0 fully saturated rings. The average molecular weight is 839 g/mol. The molecule has 2 nitrogen and oxygen atoms in total. The second kappa shape index (κ2) is 14.5. The monoisotopic (exact) mass is 838 g/mol. The van der Waals surface area contributed by atoms with Gasteiger partial charge < -0.3 is 9.13 Å². The van der Waals surface area contributed by atoms with Crippen LogP contribution in [0.4, 0.5) is 0 Å². The van der Waals surface area contributed by atoms with E-state index in [1.165, 1.54) is 120 Å². The van der Waals surface area contributed by atoms with Crippen molar-refractivity contribution in [2.24, 2.45) is 0 Å². The van der Waals surface area contributed by atoms with Gasteiger partial charge in [0.25, 0.3) is 0 Å². The second-order valence-corrected chi connectivity index (χ2v) is 17.8. The molecule has 11 aromatic carbocycles. The number of hydrogen-bond acceptors (Lipinski definition) is 0. The summed E-state index contributed by atoms with van der Waals surface area (Å²) in [5, 5.41) is 15.1. The van der Waals surface area contributed by atoms with E-state index in [0.717, 1.165) is 24.2 Å². The van der Waals surface area contributed by atoms with Crippen LogP contribution in [0.1, 0.15) is 18.4 Å². The lowest BCUT2D eigenvalue weighted by Gasteiger charge is -2.23. The van der Waals surface area contributed by atoms with E-state index in [4.69, 9.17) is 0 Å². The smallest absolute Gasteiger partial charge is 0.0541 e. The zero-order valence-corrected chi connectivity index (χ0v) is 36.2. The Kier molecular flexibility index (Phi) is 8.14. The van der Waals surface area contributed by atoms with Crippen LogP contribution < -0.4 is 10.4 Å². The Bertz CT molecular complexity index is 4180. The van der Waals surface area contributed by atoms with Crippen molar-refractivity contribution in [2.75, 3.05) is 0 Å². The molecular weight excluding hydrogens is 797 g/mol. The van der Waals surface area contributed by atoms with Crippen LogP contribution in [0.15, 0.2) is 224 Å². The minimum atomic E-state index is 0.989. The van der Waals surface area contributed by atoms with Gasteiger partial charge in [-0.2, -0.15) is 0 Å². The molecule has 2 heteroatoms. The number of aromatic nitrogens is 2. The summed E-state index contributed by atoms with van der Waals surface area (Å²) < 4.78 is 4.93. The first kappa shape index (κ1) is 37.0. The first-order valence-electron chi connectivity index (χ1n) is 23.2. The fourth-order valence-corrected chi connectivity index (χ4v) is 11.6. The molecule has 1 aliphatic rings. The molecule has 0 amide bonds. The second-order valence-electron chi connectivity index (χ2n) is 17.8. The Morgan fingerprint density at radius 3 is 1.33 bits per heavy atom. The lowest BCUT2D eigenvalue weighted by Crippen LogP contribution is -2.29. The zero-order valence-electron chi connectivity index (χ0n) is 36.2. The molecule has 0 spiro atoms. The fraction of sp³-hybridized carbons (Fsp3) is 0.0312. The highest BCUT2D eigenvalue weighted by atomic mass is 15.0. The number of fused-ring (bicyclic) bond motifs is 10. The van der Waals surface area contributed by atoms with Gasteiger partial charge in [-0.3, -0.25) is 0 Å². The minimum Gasteiger partial charge on any atom is -0.309 e. The molecule has 308 valence electrons. The molecular formula is C64H42N2. The first-order chi connectivity index (χ1) is 32.8. The predicted molar refractivity (Wildman–Crippen MR) is 280 cm³/mol. The Morgan fingerprint density at radius 2 is 0.742 bits per heavy atom. The summed E-state index contributed by atoms with van der Waals surface area (Å²) in [6, 6.07) is 83.7. The van der Waals surface area contributed by atoms with Crippen LogP contribution in [0.25, 0.3) is 121 Å². The van der Waals surface area contributed by atoms with Crippen LogP contribution >= 0.6 is 0 Å². The van der Waals surface area contributed by atoms with Gasteiger partial charge in [0.05, 0.1) is 22.1 Å². The molecule has 0 N–H and O–H groups in total. The first-order valence-corrected chi connectivity index (χ1v) is 23.2. The van der Waals surface area contributed by atoms with E-state index < -0.39 is 0 Å². The van der Waals surface area contributed by atoms with Crippen LogP contribution in [-0.4, -0.2) is 9.13 Å². The summed E-state index contributed by atoms with van der Waals surface area (Å²) >= 11 is 0. The lowest BCUT2D eigenvalue weighted by molar-refractivity contribution is 1.08. The van der Waals surface area contributed by atoms with E-state index >= 15 is 0 Å². The maximum absolute atomic E-state index is 2.49. The standard InChI is InChI=1S/C64H42N2/c1-3-21-45-41(17-1)19-15-29-47(45)48-23-5-6-28-54(48)64-56-38-36-43(65-59-31-11-7-24-49(59)50-25-8-12-32-60(50)65)39-57(56)63(53-30-16-20-42-18-2-4-22-46(42)53)55-37-35-44(40-58(55)64)66-61-33-13-9-26-51(61)52-27-10-14-34-62(52)66/h1-14,16-28,30-40H,15,29H2. The van der Waals surface area contributed by atoms with Gasteiger partial charge in [-0.1, -0.05) is 182 Å². The summed E-state index contributed by atoms with van der Waals surface area (Å²) in [6.45, 7) is 0. The lowest BCUT2D eigenvalue weighted by atomic mass is 9.81. The predicted octanol–water partition coefficient (Wildman–Crippen LogP) is 15.4. The molecule has 0 saturated heterocycles. The molecule has 66 heavy (non-hydrogen) atoms. The quantitative estimate of drug-likeness (QED) is 0.153. The molecule has 0 radical (unpaired) electrons. The average Bonchev–Trinajstić information content (AvgIpc) is 3.90. The third-order valence-corrected chi connectivity index (χ3v) is 14.4. The van der Waals surface area contributed by atoms with E-state index in [9.17, 15) is 0 Å². The highest BCUT2D eigenvalue weighted by Gasteiger charge is 2.24. The highest BCUT2D eigenvalue weighted by molar-refractivity contribution is 6.25. The minimum absolute atomic E-state index is 0.989. The van der Waals surface area contributed by atoms with Gasteiger partial charge in [-0.05, 0) is 138 Å². The normalized spacial score (nSPS) is 12.8. The maximum atomic E-state index is 2.49. The van der Waals surface area contributed by atoms with Crippen molar-refractivity contribution in [3.05, 3.63) is 240 Å². The summed E-state index contributed by atoms with van der Waals surface area (Å²) in [4.78, 5) is 0. The Labute approximate surface area is 381 Å². The topological polar surface area (TPSA) is 9.86 Å². The van der Waals surface area contributed by atoms with Gasteiger partial charge in [-0.25, -0.2) is 0 Å². The molecule has 0 saturated carbocycles. The summed E-state index contributed by atoms with van der Waals surface area (Å²) in [6.07, 6.45) is 4.41. The SMILES string of the molecule is C1=c2ccccc2=C(c2ccccc2-c2c3cc(-n4c5ccccc5c5ccccc54)ccc3c(-c3cccc4ccccc34)c3cc(-n4c5ccccc5c5ccccc54)ccc23)CC1. The number of rotatable bonds is 5. The molecule has 2 heterocycles. The summed E-state index contributed by atoms with van der Waals surface area (Å²) in [5.74, 6) is 0. The van der Waals surface area contributed by atoms with Crippen molar-refractivity contribution in [1.29, 1.82) is 0 Å². The van der Waals surface area contributed by atoms with Crippen molar-refractivity contribution >= 4 is 87.6 Å². The van der Waals surface area contributed by atoms with Crippen LogP contribution in [-0.2, 0) is 0 Å². The third-order valence-electron chi connectivity index (χ3n) is 14.4. The summed E-state index contributed by atoms with van der Waals surface area (Å²) in [7, 11) is 0. The summed E-state index contributed by atoms with van der Waals surface area (Å²) in [5.41, 5.74) is 14.8. The van der Waals surface area contributed by atoms with Crippen molar-refractivity contribution < 1.29 is 0 Å². The molecule has 0 bridgehead atoms. The van der Waals surface area contributed by atoms with Crippen molar-refractivity contribution in [2.45, 2.75) is 12.8 Å². The van der Waals surface area contributed by atoms with E-state index in [1.807, 2.05) is 0 Å². The maximum Gasteiger partial charge on any atom is 0.0541 e. The number of benzene rings is 11. The van der Waals surface area contributed by atoms with Crippen molar-refractivity contribution in [3.8, 4) is 33.6 Å². The van der Waals surface area contributed by atoms with E-state index in [2.05, 4.69) is 240 Å². The highest BCUT2D eigenvalue weighted by Crippen LogP contribution is 2.49. The zero-order chi connectivity index (χ0) is 43.3. The third kappa shape index (κ3) is 5.42. The van der Waals surface area contributed by atoms with Crippen LogP contribution in [0.2, 0.25) is 0 Å². The molecule has 14 rings (SSSR count). The van der Waals surface area contributed by atoms with Gasteiger partial charge in [0.15, 0.2) is 0 Å². The Hall–Kier alpha value is -8.46. The number of para-hydroxylation sites is 4. The van der Waals surface area contributed by atoms with E-state index in [-0.39, 0.29) is 0 Å². The Morgan fingerprint density at radius 1 is 0.303 bits per heavy atom. The molecule has 13 aromatic rings. The number of nitrogens with zero attached hydrogens (tertiary/aromatic N) is 2. The van der Waals surface area contributed by atoms with Gasteiger partial charge in [-0.15, -0.1) is 0 Å². The van der Waals surface area contributed by atoms with Crippen LogP contribution in [0.3, 0.4) is 0 Å². The van der Waals surface area contributed by atoms with Gasteiger partial charge in [0.2, 0.25) is 0 Å². The van der Waals surface area contributed by atoms with Gasteiger partial charge >= 0.3 is 0 Å². The Balaban J connectivity index is 1.18. The van der Waals surface area contributed by atoms with E-state index in [0.29, 0.717) is 0 Å². The van der Waals surface area contributed by atoms with Gasteiger partial charge in [0.1, 0.15) is 0 Å². The molecule has 2 aromatic heterocycles. The molecule has 0 unspecified atom stereocenters. The van der Waals surface area contributed by atoms with Gasteiger partial charge in [0, 0.05) is 32.9 Å². The fourth-order valence-electron chi connectivity index (χ4n) is 11.6. The van der Waals surface area contributed by atoms with E-state index in [1.54, 1.807) is 0 Å². The molecule has 0 aliphatic heterocycles. The van der Waals surface area contributed by atoms with Crippen LogP contribution in [0, 0.1) is 0 Å². The van der Waals surface area contributed by atoms with Crippen LogP contribution in [0.5, 0.6) is 0 Å². The molecule has 1 aliphatic carbocycles.